The molecule has 3 rings (SSSR count). The van der Waals surface area contributed by atoms with Crippen LogP contribution in [0.3, 0.4) is 0 Å². The van der Waals surface area contributed by atoms with Crippen LogP contribution in [0.5, 0.6) is 0 Å². The Balaban J connectivity index is 0.00000161. The van der Waals surface area contributed by atoms with E-state index in [9.17, 15) is 8.42 Å². The molecule has 2 fully saturated rings. The quantitative estimate of drug-likeness (QED) is 0.922. The van der Waals surface area contributed by atoms with Gasteiger partial charge < -0.3 is 5.32 Å². The second kappa shape index (κ2) is 6.65. The molecular weight excluding hydrogens is 308 g/mol. The maximum Gasteiger partial charge on any atom is 0.218 e. The molecule has 1 aromatic carbocycles. The summed E-state index contributed by atoms with van der Waals surface area (Å²) in [6.07, 6.45) is 3.22. The van der Waals surface area contributed by atoms with Gasteiger partial charge in [-0.1, -0.05) is 30.3 Å². The molecule has 21 heavy (non-hydrogen) atoms. The van der Waals surface area contributed by atoms with Crippen molar-refractivity contribution < 1.29 is 8.42 Å². The Morgan fingerprint density at radius 1 is 1.10 bits per heavy atom. The second-order valence-electron chi connectivity index (χ2n) is 6.08. The van der Waals surface area contributed by atoms with Gasteiger partial charge in [-0.25, -0.2) is 12.7 Å². The van der Waals surface area contributed by atoms with Crippen LogP contribution in [-0.4, -0.2) is 38.9 Å². The first-order valence-electron chi connectivity index (χ1n) is 7.32. The summed E-state index contributed by atoms with van der Waals surface area (Å²) in [4.78, 5) is 0. The minimum atomic E-state index is -3.18. The topological polar surface area (TPSA) is 49.4 Å². The van der Waals surface area contributed by atoms with E-state index in [2.05, 4.69) is 5.32 Å². The van der Waals surface area contributed by atoms with E-state index in [4.69, 9.17) is 0 Å². The fourth-order valence-corrected chi connectivity index (χ4v) is 5.01. The van der Waals surface area contributed by atoms with E-state index in [1.54, 1.807) is 4.31 Å². The zero-order chi connectivity index (χ0) is 14.1. The van der Waals surface area contributed by atoms with Crippen LogP contribution in [0.1, 0.15) is 24.8 Å². The highest BCUT2D eigenvalue weighted by atomic mass is 35.5. The summed E-state index contributed by atoms with van der Waals surface area (Å²) in [6.45, 7) is 3.44. The normalized spacial score (nSPS) is 22.1. The predicted molar refractivity (Wildman–Crippen MR) is 87.0 cm³/mol. The van der Waals surface area contributed by atoms with E-state index >= 15 is 0 Å². The molecule has 1 aromatic rings. The molecule has 0 bridgehead atoms. The average molecular weight is 331 g/mol. The summed E-state index contributed by atoms with van der Waals surface area (Å²) in [5.41, 5.74) is 1.11. The van der Waals surface area contributed by atoms with Gasteiger partial charge in [0.2, 0.25) is 10.0 Å². The second-order valence-corrected chi connectivity index (χ2v) is 8.04. The molecular formula is C15H23ClN2O2S. The molecule has 4 nitrogen and oxygen atoms in total. The summed E-state index contributed by atoms with van der Waals surface area (Å²) < 4.78 is 26.8. The number of hydrogen-bond donors (Lipinski definition) is 1. The van der Waals surface area contributed by atoms with E-state index in [0.29, 0.717) is 13.1 Å². The molecule has 0 saturated carbocycles. The van der Waals surface area contributed by atoms with E-state index in [1.807, 2.05) is 30.3 Å². The largest absolute Gasteiger partial charge is 0.317 e. The Hall–Kier alpha value is -0.620. The van der Waals surface area contributed by atoms with Crippen molar-refractivity contribution in [1.29, 1.82) is 0 Å². The van der Waals surface area contributed by atoms with Crippen LogP contribution in [0.25, 0.3) is 0 Å². The number of benzene rings is 1. The Morgan fingerprint density at radius 3 is 2.43 bits per heavy atom. The number of rotatable bonds is 3. The first-order valence-corrected chi connectivity index (χ1v) is 8.93. The van der Waals surface area contributed by atoms with Crippen LogP contribution in [-0.2, 0) is 15.8 Å². The van der Waals surface area contributed by atoms with Crippen molar-refractivity contribution in [3.05, 3.63) is 35.9 Å². The van der Waals surface area contributed by atoms with E-state index in [1.165, 1.54) is 0 Å². The fraction of sp³-hybridized carbons (Fsp3) is 0.600. The lowest BCUT2D eigenvalue weighted by molar-refractivity contribution is 0.218. The summed E-state index contributed by atoms with van der Waals surface area (Å²) in [5, 5.41) is 3.36. The number of sulfonamides is 1. The molecule has 6 heteroatoms. The van der Waals surface area contributed by atoms with Gasteiger partial charge in [-0.2, -0.15) is 0 Å². The SMILES string of the molecule is Cl.O=S(=O)(Cc1ccccc1)N1CCC2(CCNCC2)C1. The van der Waals surface area contributed by atoms with Gasteiger partial charge in [0.05, 0.1) is 5.75 Å². The molecule has 0 aromatic heterocycles. The number of nitrogens with zero attached hydrogens (tertiary/aromatic N) is 1. The monoisotopic (exact) mass is 330 g/mol. The van der Waals surface area contributed by atoms with Crippen molar-refractivity contribution in [3.8, 4) is 0 Å². The van der Waals surface area contributed by atoms with Gasteiger partial charge in [-0.05, 0) is 43.3 Å². The molecule has 2 aliphatic rings. The van der Waals surface area contributed by atoms with Gasteiger partial charge in [-0.3, -0.25) is 0 Å². The van der Waals surface area contributed by atoms with Crippen LogP contribution < -0.4 is 5.32 Å². The van der Waals surface area contributed by atoms with Gasteiger partial charge in [0.15, 0.2) is 0 Å². The Kier molecular flexibility index (Phi) is 5.30. The van der Waals surface area contributed by atoms with Crippen LogP contribution >= 0.6 is 12.4 Å². The highest BCUT2D eigenvalue weighted by Crippen LogP contribution is 2.39. The molecule has 1 N–H and O–H groups in total. The summed E-state index contributed by atoms with van der Waals surface area (Å²) in [7, 11) is -3.18. The summed E-state index contributed by atoms with van der Waals surface area (Å²) >= 11 is 0. The van der Waals surface area contributed by atoms with E-state index < -0.39 is 10.0 Å². The highest BCUT2D eigenvalue weighted by molar-refractivity contribution is 7.88. The molecule has 0 amide bonds. The number of piperidine rings is 1. The molecule has 0 unspecified atom stereocenters. The lowest BCUT2D eigenvalue weighted by Gasteiger charge is -2.33. The Morgan fingerprint density at radius 2 is 1.76 bits per heavy atom. The van der Waals surface area contributed by atoms with Crippen LogP contribution in [0, 0.1) is 5.41 Å². The fourth-order valence-electron chi connectivity index (χ4n) is 3.37. The lowest BCUT2D eigenvalue weighted by atomic mass is 9.78. The van der Waals surface area contributed by atoms with Crippen molar-refractivity contribution in [2.75, 3.05) is 26.2 Å². The van der Waals surface area contributed by atoms with Crippen LogP contribution in [0.2, 0.25) is 0 Å². The third-order valence-corrected chi connectivity index (χ3v) is 6.45. The van der Waals surface area contributed by atoms with Gasteiger partial charge >= 0.3 is 0 Å². The third kappa shape index (κ3) is 3.77. The Labute approximate surface area is 133 Å². The molecule has 2 heterocycles. The van der Waals surface area contributed by atoms with Crippen molar-refractivity contribution >= 4 is 22.4 Å². The maximum absolute atomic E-state index is 12.5. The molecule has 2 saturated heterocycles. The molecule has 0 atom stereocenters. The minimum absolute atomic E-state index is 0. The number of halogens is 1. The Bertz CT molecular complexity index is 556. The molecule has 0 aliphatic carbocycles. The van der Waals surface area contributed by atoms with Crippen molar-refractivity contribution in [1.82, 2.24) is 9.62 Å². The van der Waals surface area contributed by atoms with Gasteiger partial charge in [0.25, 0.3) is 0 Å². The third-order valence-electron chi connectivity index (χ3n) is 4.65. The summed E-state index contributed by atoms with van der Waals surface area (Å²) in [6, 6.07) is 9.46. The van der Waals surface area contributed by atoms with Gasteiger partial charge in [0, 0.05) is 13.1 Å². The van der Waals surface area contributed by atoms with Gasteiger partial charge in [0.1, 0.15) is 0 Å². The zero-order valence-corrected chi connectivity index (χ0v) is 13.8. The first-order chi connectivity index (χ1) is 9.60. The smallest absolute Gasteiger partial charge is 0.218 e. The molecule has 0 radical (unpaired) electrons. The number of nitrogens with one attached hydrogen (secondary N) is 1. The lowest BCUT2D eigenvalue weighted by Crippen LogP contribution is -2.40. The maximum atomic E-state index is 12.5. The standard InChI is InChI=1S/C15H22N2O2S.ClH/c18-20(19,12-14-4-2-1-3-5-14)17-11-8-15(13-17)6-9-16-10-7-15;/h1-5,16H,6-13H2;1H. The van der Waals surface area contributed by atoms with E-state index in [-0.39, 0.29) is 23.6 Å². The van der Waals surface area contributed by atoms with Crippen molar-refractivity contribution in [3.63, 3.8) is 0 Å². The predicted octanol–water partition coefficient (Wildman–Crippen LogP) is 2.01. The van der Waals surface area contributed by atoms with Crippen LogP contribution in [0.15, 0.2) is 30.3 Å². The van der Waals surface area contributed by atoms with Crippen molar-refractivity contribution in [2.24, 2.45) is 5.41 Å². The molecule has 2 aliphatic heterocycles. The van der Waals surface area contributed by atoms with E-state index in [0.717, 1.165) is 37.9 Å². The van der Waals surface area contributed by atoms with Crippen LogP contribution in [0.4, 0.5) is 0 Å². The number of hydrogen-bond acceptors (Lipinski definition) is 3. The average Bonchev–Trinajstić information content (AvgIpc) is 2.85. The van der Waals surface area contributed by atoms with Gasteiger partial charge in [-0.15, -0.1) is 12.4 Å². The first kappa shape index (κ1) is 16.7. The van der Waals surface area contributed by atoms with Crippen molar-refractivity contribution in [2.45, 2.75) is 25.0 Å². The minimum Gasteiger partial charge on any atom is -0.317 e. The highest BCUT2D eigenvalue weighted by Gasteiger charge is 2.42. The molecule has 1 spiro atoms. The molecule has 118 valence electrons. The summed E-state index contributed by atoms with van der Waals surface area (Å²) in [5.74, 6) is 0.127. The zero-order valence-electron chi connectivity index (χ0n) is 12.1.